The van der Waals surface area contributed by atoms with Crippen LogP contribution in [-0.4, -0.2) is 38.5 Å². The zero-order valence-electron chi connectivity index (χ0n) is 10.5. The van der Waals surface area contributed by atoms with Crippen LogP contribution in [0.2, 0.25) is 0 Å². The number of benzene rings is 1. The van der Waals surface area contributed by atoms with E-state index in [2.05, 4.69) is 25.6 Å². The molecule has 1 atom stereocenters. The number of nitrogens with zero attached hydrogens (tertiary/aromatic N) is 1. The van der Waals surface area contributed by atoms with Gasteiger partial charge in [0, 0.05) is 29.6 Å². The molecule has 19 heavy (non-hydrogen) atoms. The molecule has 1 saturated heterocycles. The molecule has 1 N–H and O–H groups in total. The fourth-order valence-electron chi connectivity index (χ4n) is 2.60. The average molecular weight is 345 g/mol. The summed E-state index contributed by atoms with van der Waals surface area (Å²) in [5, 5.41) is 0. The molecule has 1 unspecified atom stereocenters. The molecule has 6 heteroatoms. The quantitative estimate of drug-likeness (QED) is 0.908. The molecule has 1 aromatic carbocycles. The largest absolute Gasteiger partial charge is 0.299 e. The normalized spacial score (nSPS) is 24.8. The molecule has 4 nitrogen and oxygen atoms in total. The molecule has 104 valence electrons. The van der Waals surface area contributed by atoms with Gasteiger partial charge in [0.15, 0.2) is 0 Å². The Kier molecular flexibility index (Phi) is 3.68. The number of rotatable bonds is 4. The molecule has 2 aliphatic rings. The van der Waals surface area contributed by atoms with E-state index in [1.807, 2.05) is 6.07 Å². The van der Waals surface area contributed by atoms with E-state index >= 15 is 0 Å². The van der Waals surface area contributed by atoms with Gasteiger partial charge in [-0.3, -0.25) is 4.90 Å². The van der Waals surface area contributed by atoms with E-state index in [1.54, 1.807) is 18.2 Å². The maximum absolute atomic E-state index is 12.3. The number of likely N-dealkylation sites (tertiary alicyclic amines) is 1. The monoisotopic (exact) mass is 344 g/mol. The SMILES string of the molecule is O=S(=O)(NC1CCN(C2CC2)C1)c1ccccc1Br. The number of nitrogens with one attached hydrogen (secondary N) is 1. The van der Waals surface area contributed by atoms with Crippen LogP contribution < -0.4 is 4.72 Å². The fraction of sp³-hybridized carbons (Fsp3) is 0.538. The summed E-state index contributed by atoms with van der Waals surface area (Å²) < 4.78 is 28.1. The molecule has 3 rings (SSSR count). The Labute approximate surface area is 122 Å². The molecule has 0 aromatic heterocycles. The second-order valence-corrected chi connectivity index (χ2v) is 7.80. The van der Waals surface area contributed by atoms with E-state index in [9.17, 15) is 8.42 Å². The Morgan fingerprint density at radius 2 is 1.95 bits per heavy atom. The topological polar surface area (TPSA) is 49.4 Å². The third-order valence-electron chi connectivity index (χ3n) is 3.73. The third kappa shape index (κ3) is 3.02. The van der Waals surface area contributed by atoms with Gasteiger partial charge in [-0.2, -0.15) is 0 Å². The summed E-state index contributed by atoms with van der Waals surface area (Å²) >= 11 is 3.30. The summed E-state index contributed by atoms with van der Waals surface area (Å²) in [5.41, 5.74) is 0. The lowest BCUT2D eigenvalue weighted by Crippen LogP contribution is -2.37. The molecule has 0 amide bonds. The molecule has 1 saturated carbocycles. The Morgan fingerprint density at radius 3 is 2.63 bits per heavy atom. The van der Waals surface area contributed by atoms with Gasteiger partial charge in [-0.15, -0.1) is 0 Å². The first-order chi connectivity index (χ1) is 9.06. The van der Waals surface area contributed by atoms with Crippen molar-refractivity contribution in [1.82, 2.24) is 9.62 Å². The zero-order valence-corrected chi connectivity index (χ0v) is 13.0. The first-order valence-electron chi connectivity index (χ1n) is 6.57. The number of halogens is 1. The van der Waals surface area contributed by atoms with Crippen LogP contribution in [0.15, 0.2) is 33.6 Å². The van der Waals surface area contributed by atoms with Gasteiger partial charge in [0.2, 0.25) is 10.0 Å². The highest BCUT2D eigenvalue weighted by atomic mass is 79.9. The van der Waals surface area contributed by atoms with Crippen LogP contribution >= 0.6 is 15.9 Å². The van der Waals surface area contributed by atoms with Gasteiger partial charge >= 0.3 is 0 Å². The standard InChI is InChI=1S/C13H17BrN2O2S/c14-12-3-1-2-4-13(12)19(17,18)15-10-7-8-16(9-10)11-5-6-11/h1-4,10-11,15H,5-9H2. The van der Waals surface area contributed by atoms with Crippen molar-refractivity contribution < 1.29 is 8.42 Å². The molecular formula is C13H17BrN2O2S. The summed E-state index contributed by atoms with van der Waals surface area (Å²) in [6, 6.07) is 7.67. The van der Waals surface area contributed by atoms with E-state index in [0.29, 0.717) is 15.4 Å². The van der Waals surface area contributed by atoms with Crippen molar-refractivity contribution in [1.29, 1.82) is 0 Å². The molecule has 1 heterocycles. The lowest BCUT2D eigenvalue weighted by Gasteiger charge is -2.16. The van der Waals surface area contributed by atoms with E-state index < -0.39 is 10.0 Å². The van der Waals surface area contributed by atoms with Gasteiger partial charge in [-0.05, 0) is 47.3 Å². The van der Waals surface area contributed by atoms with Crippen LogP contribution in [-0.2, 0) is 10.0 Å². The molecular weight excluding hydrogens is 328 g/mol. The average Bonchev–Trinajstić information content (AvgIpc) is 3.11. The second-order valence-electron chi connectivity index (χ2n) is 5.26. The highest BCUT2D eigenvalue weighted by molar-refractivity contribution is 9.10. The van der Waals surface area contributed by atoms with E-state index in [1.165, 1.54) is 12.8 Å². The van der Waals surface area contributed by atoms with Gasteiger partial charge in [0.05, 0.1) is 4.90 Å². The molecule has 1 aromatic rings. The summed E-state index contributed by atoms with van der Waals surface area (Å²) in [6.45, 7) is 1.85. The van der Waals surface area contributed by atoms with Crippen LogP contribution in [0.4, 0.5) is 0 Å². The van der Waals surface area contributed by atoms with E-state index in [0.717, 1.165) is 19.5 Å². The Bertz CT molecular complexity index is 572. The van der Waals surface area contributed by atoms with Crippen LogP contribution in [0.1, 0.15) is 19.3 Å². The Morgan fingerprint density at radius 1 is 1.21 bits per heavy atom. The molecule has 1 aliphatic heterocycles. The smallest absolute Gasteiger partial charge is 0.241 e. The van der Waals surface area contributed by atoms with Gasteiger partial charge in [-0.25, -0.2) is 13.1 Å². The summed E-state index contributed by atoms with van der Waals surface area (Å²) in [4.78, 5) is 2.72. The second kappa shape index (κ2) is 5.16. The van der Waals surface area contributed by atoms with E-state index in [-0.39, 0.29) is 6.04 Å². The lowest BCUT2D eigenvalue weighted by molar-refractivity contribution is 0.322. The van der Waals surface area contributed by atoms with Crippen molar-refractivity contribution in [3.05, 3.63) is 28.7 Å². The van der Waals surface area contributed by atoms with Crippen molar-refractivity contribution in [2.45, 2.75) is 36.2 Å². The van der Waals surface area contributed by atoms with Gasteiger partial charge in [0.25, 0.3) is 0 Å². The molecule has 2 fully saturated rings. The van der Waals surface area contributed by atoms with Crippen molar-refractivity contribution in [2.75, 3.05) is 13.1 Å². The Balaban J connectivity index is 1.70. The highest BCUT2D eigenvalue weighted by Gasteiger charge is 2.35. The fourth-order valence-corrected chi connectivity index (χ4v) is 4.87. The van der Waals surface area contributed by atoms with Gasteiger partial charge < -0.3 is 0 Å². The minimum atomic E-state index is -3.43. The predicted octanol–water partition coefficient (Wildman–Crippen LogP) is 1.96. The summed E-state index contributed by atoms with van der Waals surface area (Å²) in [6.07, 6.45) is 3.44. The Hall–Kier alpha value is -0.430. The van der Waals surface area contributed by atoms with E-state index in [4.69, 9.17) is 0 Å². The number of hydrogen-bond donors (Lipinski definition) is 1. The minimum Gasteiger partial charge on any atom is -0.299 e. The molecule has 0 spiro atoms. The maximum atomic E-state index is 12.3. The summed E-state index contributed by atoms with van der Waals surface area (Å²) in [7, 11) is -3.43. The zero-order chi connectivity index (χ0) is 13.5. The molecule has 0 radical (unpaired) electrons. The predicted molar refractivity (Wildman–Crippen MR) is 77.5 cm³/mol. The lowest BCUT2D eigenvalue weighted by atomic mass is 10.3. The number of sulfonamides is 1. The third-order valence-corrected chi connectivity index (χ3v) is 6.26. The van der Waals surface area contributed by atoms with Crippen LogP contribution in [0.5, 0.6) is 0 Å². The molecule has 1 aliphatic carbocycles. The van der Waals surface area contributed by atoms with Crippen molar-refractivity contribution >= 4 is 26.0 Å². The molecule has 0 bridgehead atoms. The first-order valence-corrected chi connectivity index (χ1v) is 8.85. The maximum Gasteiger partial charge on any atom is 0.241 e. The van der Waals surface area contributed by atoms with Crippen molar-refractivity contribution in [2.24, 2.45) is 0 Å². The van der Waals surface area contributed by atoms with Crippen LogP contribution in [0, 0.1) is 0 Å². The van der Waals surface area contributed by atoms with Crippen molar-refractivity contribution in [3.63, 3.8) is 0 Å². The van der Waals surface area contributed by atoms with Crippen LogP contribution in [0.3, 0.4) is 0 Å². The van der Waals surface area contributed by atoms with Crippen LogP contribution in [0.25, 0.3) is 0 Å². The highest BCUT2D eigenvalue weighted by Crippen LogP contribution is 2.30. The van der Waals surface area contributed by atoms with Crippen molar-refractivity contribution in [3.8, 4) is 0 Å². The minimum absolute atomic E-state index is 0.0395. The van der Waals surface area contributed by atoms with Gasteiger partial charge in [-0.1, -0.05) is 12.1 Å². The first kappa shape index (κ1) is 13.5. The van der Waals surface area contributed by atoms with Gasteiger partial charge in [0.1, 0.15) is 0 Å². The summed E-state index contributed by atoms with van der Waals surface area (Å²) in [5.74, 6) is 0. The number of hydrogen-bond acceptors (Lipinski definition) is 3.